The highest BCUT2D eigenvalue weighted by Crippen LogP contribution is 2.40. The highest BCUT2D eigenvalue weighted by molar-refractivity contribution is 5.90. The number of aromatic nitrogens is 2. The second-order valence-corrected chi connectivity index (χ2v) is 7.52. The third kappa shape index (κ3) is 5.82. The van der Waals surface area contributed by atoms with E-state index in [1.807, 2.05) is 13.8 Å². The van der Waals surface area contributed by atoms with Gasteiger partial charge in [0.2, 0.25) is 17.4 Å². The number of hydrogen-bond donors (Lipinski definition) is 3. The van der Waals surface area contributed by atoms with Crippen LogP contribution in [0, 0.1) is 5.92 Å². The summed E-state index contributed by atoms with van der Waals surface area (Å²) in [6.45, 7) is 3.76. The highest BCUT2D eigenvalue weighted by Gasteiger charge is 2.58. The molecule has 0 aliphatic carbocycles. The van der Waals surface area contributed by atoms with Gasteiger partial charge in [0, 0.05) is 38.1 Å². The monoisotopic (exact) mass is 426 g/mol. The Hall–Kier alpha value is -2.88. The molecule has 0 saturated heterocycles. The van der Waals surface area contributed by atoms with Gasteiger partial charge in [0.05, 0.1) is 6.42 Å². The van der Waals surface area contributed by atoms with E-state index in [9.17, 15) is 27.9 Å². The summed E-state index contributed by atoms with van der Waals surface area (Å²) in [4.78, 5) is 27.6. The number of aryl methyl sites for hydroxylation is 1. The van der Waals surface area contributed by atoms with Crippen LogP contribution in [-0.4, -0.2) is 32.6 Å². The summed E-state index contributed by atoms with van der Waals surface area (Å²) >= 11 is 0. The molecule has 0 aliphatic rings. The molecule has 7 nitrogen and oxygen atoms in total. The number of aliphatic hydroxyl groups is 1. The van der Waals surface area contributed by atoms with E-state index < -0.39 is 29.9 Å². The molecule has 2 rings (SSSR count). The number of alkyl halides is 3. The molecule has 1 heterocycles. The second-order valence-electron chi connectivity index (χ2n) is 7.52. The minimum absolute atomic E-state index is 0.0682. The molecule has 0 fully saturated rings. The predicted octanol–water partition coefficient (Wildman–Crippen LogP) is 2.86. The largest absolute Gasteiger partial charge is 0.425 e. The second kappa shape index (κ2) is 9.29. The van der Waals surface area contributed by atoms with Crippen molar-refractivity contribution in [2.75, 3.05) is 5.32 Å². The molecule has 2 amide bonds. The third-order valence-electron chi connectivity index (χ3n) is 4.37. The molecule has 164 valence electrons. The van der Waals surface area contributed by atoms with E-state index in [4.69, 9.17) is 0 Å². The number of carbonyl (C=O) groups excluding carboxylic acids is 2. The number of nitrogens with zero attached hydrogens (tertiary/aromatic N) is 2. The number of rotatable bonds is 8. The maximum absolute atomic E-state index is 13.5. The Kier molecular flexibility index (Phi) is 7.25. The van der Waals surface area contributed by atoms with Gasteiger partial charge in [-0.3, -0.25) is 9.59 Å². The molecule has 0 radical (unpaired) electrons. The van der Waals surface area contributed by atoms with Crippen LogP contribution >= 0.6 is 0 Å². The van der Waals surface area contributed by atoms with Crippen molar-refractivity contribution in [2.24, 2.45) is 13.0 Å². The van der Waals surface area contributed by atoms with Crippen LogP contribution in [0.5, 0.6) is 0 Å². The Balaban J connectivity index is 2.04. The van der Waals surface area contributed by atoms with Crippen molar-refractivity contribution in [3.05, 3.63) is 48.0 Å². The van der Waals surface area contributed by atoms with Crippen LogP contribution in [0.1, 0.15) is 38.1 Å². The summed E-state index contributed by atoms with van der Waals surface area (Å²) in [6, 6.07) is 6.61. The number of halogens is 3. The van der Waals surface area contributed by atoms with Gasteiger partial charge in [0.25, 0.3) is 0 Å². The van der Waals surface area contributed by atoms with Gasteiger partial charge in [0.1, 0.15) is 0 Å². The van der Waals surface area contributed by atoms with Crippen molar-refractivity contribution in [3.63, 3.8) is 0 Å². The molecule has 1 atom stereocenters. The molecule has 1 unspecified atom stereocenters. The van der Waals surface area contributed by atoms with Crippen LogP contribution in [0.25, 0.3) is 0 Å². The molecule has 3 N–H and O–H groups in total. The van der Waals surface area contributed by atoms with Crippen molar-refractivity contribution < 1.29 is 27.9 Å². The predicted molar refractivity (Wildman–Crippen MR) is 104 cm³/mol. The number of amides is 2. The molecule has 1 aromatic carbocycles. The molecule has 0 aliphatic heterocycles. The lowest BCUT2D eigenvalue weighted by Gasteiger charge is -2.29. The summed E-state index contributed by atoms with van der Waals surface area (Å²) in [6.07, 6.45) is -3.60. The van der Waals surface area contributed by atoms with Crippen LogP contribution in [0.3, 0.4) is 0 Å². The Morgan fingerprint density at radius 3 is 2.50 bits per heavy atom. The van der Waals surface area contributed by atoms with Gasteiger partial charge in [-0.1, -0.05) is 26.0 Å². The smallest absolute Gasteiger partial charge is 0.374 e. The maximum Gasteiger partial charge on any atom is 0.425 e. The first kappa shape index (κ1) is 23.4. The van der Waals surface area contributed by atoms with Crippen molar-refractivity contribution in [3.8, 4) is 0 Å². The van der Waals surface area contributed by atoms with Crippen LogP contribution in [-0.2, 0) is 28.8 Å². The fraction of sp³-hybridized carbons (Fsp3) is 0.450. The first-order valence-electron chi connectivity index (χ1n) is 9.35. The highest BCUT2D eigenvalue weighted by atomic mass is 19.4. The molecule has 0 spiro atoms. The summed E-state index contributed by atoms with van der Waals surface area (Å²) in [5.41, 5.74) is -2.31. The number of anilines is 1. The quantitative estimate of drug-likeness (QED) is 0.605. The lowest BCUT2D eigenvalue weighted by Crippen LogP contribution is -2.47. The molecule has 0 saturated carbocycles. The summed E-state index contributed by atoms with van der Waals surface area (Å²) in [5.74, 6) is -1.62. The average Bonchev–Trinajstić information content (AvgIpc) is 3.05. The Bertz CT molecular complexity index is 895. The topological polar surface area (TPSA) is 96.2 Å². The lowest BCUT2D eigenvalue weighted by atomic mass is 9.97. The van der Waals surface area contributed by atoms with Gasteiger partial charge in [-0.2, -0.15) is 13.2 Å². The summed E-state index contributed by atoms with van der Waals surface area (Å²) < 4.78 is 41.6. The number of benzene rings is 1. The van der Waals surface area contributed by atoms with Crippen LogP contribution in [0.4, 0.5) is 18.9 Å². The number of nitrogens with one attached hydrogen (secondary N) is 2. The first-order valence-corrected chi connectivity index (χ1v) is 9.35. The van der Waals surface area contributed by atoms with E-state index in [0.29, 0.717) is 17.7 Å². The molecule has 30 heavy (non-hydrogen) atoms. The Labute approximate surface area is 172 Å². The van der Waals surface area contributed by atoms with Crippen LogP contribution in [0.2, 0.25) is 0 Å². The van der Waals surface area contributed by atoms with E-state index in [1.165, 1.54) is 13.2 Å². The third-order valence-corrected chi connectivity index (χ3v) is 4.37. The Morgan fingerprint density at radius 1 is 1.23 bits per heavy atom. The molecule has 0 bridgehead atoms. The van der Waals surface area contributed by atoms with E-state index >= 15 is 0 Å². The molecule has 10 heteroatoms. The van der Waals surface area contributed by atoms with Crippen molar-refractivity contribution in [1.29, 1.82) is 0 Å². The van der Waals surface area contributed by atoms with Crippen molar-refractivity contribution in [2.45, 2.75) is 45.0 Å². The number of carbonyl (C=O) groups is 2. The normalized spacial score (nSPS) is 13.7. The zero-order valence-electron chi connectivity index (χ0n) is 17.0. The van der Waals surface area contributed by atoms with Gasteiger partial charge >= 0.3 is 6.18 Å². The zero-order chi connectivity index (χ0) is 22.5. The first-order chi connectivity index (χ1) is 13.9. The van der Waals surface area contributed by atoms with E-state index in [-0.39, 0.29) is 18.4 Å². The van der Waals surface area contributed by atoms with Gasteiger partial charge in [-0.15, -0.1) is 0 Å². The number of hydrogen-bond acceptors (Lipinski definition) is 4. The van der Waals surface area contributed by atoms with Crippen LogP contribution < -0.4 is 10.6 Å². The SMILES string of the molecule is CC(C)CC(=O)Nc1cccc(CNC(=O)CC(O)(c2nccn2C)C(F)(F)F)c1. The molecular formula is C20H25F3N4O3. The zero-order valence-corrected chi connectivity index (χ0v) is 17.0. The van der Waals surface area contributed by atoms with Gasteiger partial charge in [-0.05, 0) is 23.6 Å². The lowest BCUT2D eigenvalue weighted by molar-refractivity contribution is -0.271. The van der Waals surface area contributed by atoms with Crippen LogP contribution in [0.15, 0.2) is 36.7 Å². The number of imidazole rings is 1. The standard InChI is InChI=1S/C20H25F3N4O3/c1-13(2)9-16(28)26-15-6-4-5-14(10-15)12-25-17(29)11-19(30,20(21,22)23)18-24-7-8-27(18)3/h4-8,10,13,30H,9,11-12H2,1-3H3,(H,25,29)(H,26,28). The van der Waals surface area contributed by atoms with Crippen molar-refractivity contribution in [1.82, 2.24) is 14.9 Å². The molecular weight excluding hydrogens is 401 g/mol. The molecule has 1 aromatic heterocycles. The van der Waals surface area contributed by atoms with Crippen molar-refractivity contribution >= 4 is 17.5 Å². The average molecular weight is 426 g/mol. The van der Waals surface area contributed by atoms with Gasteiger partial charge < -0.3 is 20.3 Å². The van der Waals surface area contributed by atoms with E-state index in [1.54, 1.807) is 24.3 Å². The fourth-order valence-corrected chi connectivity index (χ4v) is 2.91. The summed E-state index contributed by atoms with van der Waals surface area (Å²) in [7, 11) is 1.30. The minimum atomic E-state index is -5.09. The molecule has 2 aromatic rings. The summed E-state index contributed by atoms with van der Waals surface area (Å²) in [5, 5.41) is 15.4. The van der Waals surface area contributed by atoms with Gasteiger partial charge in [-0.25, -0.2) is 4.98 Å². The maximum atomic E-state index is 13.5. The minimum Gasteiger partial charge on any atom is -0.374 e. The van der Waals surface area contributed by atoms with E-state index in [0.717, 1.165) is 10.8 Å². The van der Waals surface area contributed by atoms with Gasteiger partial charge in [0.15, 0.2) is 5.82 Å². The Morgan fingerprint density at radius 2 is 1.93 bits per heavy atom. The fourth-order valence-electron chi connectivity index (χ4n) is 2.91. The van der Waals surface area contributed by atoms with E-state index in [2.05, 4.69) is 15.6 Å².